The molecule has 118 valence electrons. The maximum atomic E-state index is 11.3. The van der Waals surface area contributed by atoms with Crippen LogP contribution in [0.25, 0.3) is 0 Å². The minimum Gasteiger partial charge on any atom is -0.385 e. The summed E-state index contributed by atoms with van der Waals surface area (Å²) < 4.78 is 7.47. The minimum atomic E-state index is -1.05. The van der Waals surface area contributed by atoms with Crippen molar-refractivity contribution in [1.29, 1.82) is 0 Å². The van der Waals surface area contributed by atoms with E-state index in [1.165, 1.54) is 6.33 Å². The summed E-state index contributed by atoms with van der Waals surface area (Å²) in [7, 11) is 0. The number of aromatic nitrogens is 3. The summed E-state index contributed by atoms with van der Waals surface area (Å²) in [6, 6.07) is 7.55. The van der Waals surface area contributed by atoms with Crippen LogP contribution in [0.1, 0.15) is 32.4 Å². The van der Waals surface area contributed by atoms with Crippen LogP contribution >= 0.6 is 11.6 Å². The Morgan fingerprint density at radius 2 is 1.95 bits per heavy atom. The zero-order valence-corrected chi connectivity index (χ0v) is 13.7. The molecule has 6 heteroatoms. The van der Waals surface area contributed by atoms with Crippen LogP contribution in [0.15, 0.2) is 36.9 Å². The molecule has 0 aliphatic carbocycles. The van der Waals surface area contributed by atoms with E-state index in [1.54, 1.807) is 11.0 Å². The van der Waals surface area contributed by atoms with Gasteiger partial charge in [-0.25, -0.2) is 9.67 Å². The number of nitrogens with zero attached hydrogens (tertiary/aromatic N) is 3. The number of epoxide rings is 1. The lowest BCUT2D eigenvalue weighted by Crippen LogP contribution is -2.51. The first-order valence-electron chi connectivity index (χ1n) is 7.27. The summed E-state index contributed by atoms with van der Waals surface area (Å²) in [5, 5.41) is 16.1. The number of hydrogen-bond donors (Lipinski definition) is 1. The molecular formula is C16H20ClN3O2. The molecule has 0 bridgehead atoms. The van der Waals surface area contributed by atoms with Gasteiger partial charge in [-0.05, 0) is 23.1 Å². The topological polar surface area (TPSA) is 63.5 Å². The van der Waals surface area contributed by atoms with E-state index in [0.29, 0.717) is 11.6 Å². The van der Waals surface area contributed by atoms with Gasteiger partial charge in [0.25, 0.3) is 0 Å². The van der Waals surface area contributed by atoms with E-state index in [-0.39, 0.29) is 17.6 Å². The quantitative estimate of drug-likeness (QED) is 0.880. The highest BCUT2D eigenvalue weighted by Gasteiger charge is 2.60. The zero-order valence-electron chi connectivity index (χ0n) is 12.9. The average Bonchev–Trinajstić information content (AvgIpc) is 3.09. The lowest BCUT2D eigenvalue weighted by molar-refractivity contribution is -0.0925. The Morgan fingerprint density at radius 3 is 2.50 bits per heavy atom. The van der Waals surface area contributed by atoms with E-state index < -0.39 is 5.60 Å². The van der Waals surface area contributed by atoms with Crippen molar-refractivity contribution in [1.82, 2.24) is 14.8 Å². The van der Waals surface area contributed by atoms with Gasteiger partial charge in [-0.15, -0.1) is 0 Å². The molecule has 1 aromatic heterocycles. The molecule has 3 rings (SSSR count). The van der Waals surface area contributed by atoms with E-state index in [0.717, 1.165) is 5.56 Å². The number of benzene rings is 1. The van der Waals surface area contributed by atoms with Crippen LogP contribution in [-0.4, -0.2) is 31.6 Å². The number of hydrogen-bond acceptors (Lipinski definition) is 4. The fraction of sp³-hybridized carbons (Fsp3) is 0.500. The summed E-state index contributed by atoms with van der Waals surface area (Å²) in [4.78, 5) is 3.94. The Labute approximate surface area is 134 Å². The average molecular weight is 322 g/mol. The molecule has 1 aromatic carbocycles. The summed E-state index contributed by atoms with van der Waals surface area (Å²) in [6.07, 6.45) is 2.67. The molecule has 0 unspecified atom stereocenters. The second-order valence-corrected chi connectivity index (χ2v) is 7.23. The largest absolute Gasteiger partial charge is 0.385 e. The van der Waals surface area contributed by atoms with Gasteiger partial charge >= 0.3 is 0 Å². The van der Waals surface area contributed by atoms with Gasteiger partial charge in [0, 0.05) is 5.02 Å². The predicted molar refractivity (Wildman–Crippen MR) is 83.5 cm³/mol. The molecule has 2 aromatic rings. The van der Waals surface area contributed by atoms with E-state index in [4.69, 9.17) is 16.3 Å². The third-order valence-corrected chi connectivity index (χ3v) is 4.58. The molecule has 3 atom stereocenters. The van der Waals surface area contributed by atoms with Crippen molar-refractivity contribution in [3.05, 3.63) is 47.5 Å². The Morgan fingerprint density at radius 1 is 1.27 bits per heavy atom. The molecule has 0 saturated carbocycles. The standard InChI is InChI=1S/C16H20ClN3O2/c1-15(2,3)16(21,8-20-10-18-9-19-20)14-13(22-14)11-4-6-12(17)7-5-11/h4-7,9-10,13-14,21H,8H2,1-3H3/t13-,14+,16+/m1/s1. The van der Waals surface area contributed by atoms with E-state index >= 15 is 0 Å². The SMILES string of the molecule is CC(C)(C)[C@](O)(Cn1cncn1)[C@H]1O[C@@H]1c1ccc(Cl)cc1. The Balaban J connectivity index is 1.84. The van der Waals surface area contributed by atoms with Gasteiger partial charge in [0.05, 0.1) is 6.54 Å². The monoisotopic (exact) mass is 321 g/mol. The second-order valence-electron chi connectivity index (χ2n) is 6.80. The number of rotatable bonds is 4. The van der Waals surface area contributed by atoms with Crippen molar-refractivity contribution >= 4 is 11.6 Å². The van der Waals surface area contributed by atoms with Crippen LogP contribution in [-0.2, 0) is 11.3 Å². The Kier molecular flexibility index (Phi) is 3.75. The molecule has 1 N–H and O–H groups in total. The fourth-order valence-electron chi connectivity index (χ4n) is 2.70. The Hall–Kier alpha value is -1.43. The van der Waals surface area contributed by atoms with Gasteiger partial charge in [-0.3, -0.25) is 0 Å². The maximum absolute atomic E-state index is 11.3. The summed E-state index contributed by atoms with van der Waals surface area (Å²) in [6.45, 7) is 6.35. The van der Waals surface area contributed by atoms with Crippen LogP contribution in [0, 0.1) is 5.41 Å². The smallest absolute Gasteiger partial charge is 0.137 e. The van der Waals surface area contributed by atoms with Gasteiger partial charge in [0.1, 0.15) is 30.5 Å². The summed E-state index contributed by atoms with van der Waals surface area (Å²) in [5.41, 5.74) is -0.397. The lowest BCUT2D eigenvalue weighted by atomic mass is 9.73. The minimum absolute atomic E-state index is 0.120. The first-order valence-corrected chi connectivity index (χ1v) is 7.65. The van der Waals surface area contributed by atoms with Gasteiger partial charge in [0.2, 0.25) is 0 Å². The van der Waals surface area contributed by atoms with E-state index in [2.05, 4.69) is 10.1 Å². The predicted octanol–water partition coefficient (Wildman–Crippen LogP) is 2.85. The molecule has 1 saturated heterocycles. The van der Waals surface area contributed by atoms with Crippen molar-refractivity contribution in [2.24, 2.45) is 5.41 Å². The van der Waals surface area contributed by atoms with Crippen molar-refractivity contribution < 1.29 is 9.84 Å². The normalized spacial score (nSPS) is 24.0. The van der Waals surface area contributed by atoms with Gasteiger partial charge < -0.3 is 9.84 Å². The molecule has 22 heavy (non-hydrogen) atoms. The highest BCUT2D eigenvalue weighted by molar-refractivity contribution is 6.30. The molecule has 1 aliphatic heterocycles. The van der Waals surface area contributed by atoms with Crippen LogP contribution < -0.4 is 0 Å². The van der Waals surface area contributed by atoms with Crippen LogP contribution in [0.4, 0.5) is 0 Å². The summed E-state index contributed by atoms with van der Waals surface area (Å²) >= 11 is 5.92. The zero-order chi connectivity index (χ0) is 16.0. The second kappa shape index (κ2) is 5.33. The van der Waals surface area contributed by atoms with Gasteiger partial charge in [0.15, 0.2) is 0 Å². The molecule has 0 radical (unpaired) electrons. The highest BCUT2D eigenvalue weighted by Crippen LogP contribution is 2.51. The van der Waals surface area contributed by atoms with Gasteiger partial charge in [-0.2, -0.15) is 5.10 Å². The van der Waals surface area contributed by atoms with Crippen LogP contribution in [0.2, 0.25) is 5.02 Å². The molecule has 0 amide bonds. The Bertz CT molecular complexity index is 636. The number of halogens is 1. The fourth-order valence-corrected chi connectivity index (χ4v) is 2.82. The van der Waals surface area contributed by atoms with Crippen molar-refractivity contribution in [2.45, 2.75) is 45.1 Å². The van der Waals surface area contributed by atoms with Crippen molar-refractivity contribution in [2.75, 3.05) is 0 Å². The number of aliphatic hydroxyl groups is 1. The first kappa shape index (κ1) is 15.5. The van der Waals surface area contributed by atoms with Crippen molar-refractivity contribution in [3.8, 4) is 0 Å². The lowest BCUT2D eigenvalue weighted by Gasteiger charge is -2.39. The maximum Gasteiger partial charge on any atom is 0.137 e. The van der Waals surface area contributed by atoms with Gasteiger partial charge in [-0.1, -0.05) is 44.5 Å². The molecule has 1 aliphatic rings. The van der Waals surface area contributed by atoms with Crippen molar-refractivity contribution in [3.63, 3.8) is 0 Å². The van der Waals surface area contributed by atoms with Crippen LogP contribution in [0.3, 0.4) is 0 Å². The molecule has 2 heterocycles. The molecule has 5 nitrogen and oxygen atoms in total. The number of ether oxygens (including phenoxy) is 1. The van der Waals surface area contributed by atoms with E-state index in [9.17, 15) is 5.11 Å². The molecular weight excluding hydrogens is 302 g/mol. The first-order chi connectivity index (χ1) is 10.3. The molecule has 1 fully saturated rings. The molecule has 0 spiro atoms. The van der Waals surface area contributed by atoms with E-state index in [1.807, 2.05) is 45.0 Å². The summed E-state index contributed by atoms with van der Waals surface area (Å²) in [5.74, 6) is 0. The third-order valence-electron chi connectivity index (χ3n) is 4.33. The third kappa shape index (κ3) is 2.76. The van der Waals surface area contributed by atoms with Crippen LogP contribution in [0.5, 0.6) is 0 Å². The highest BCUT2D eigenvalue weighted by atomic mass is 35.5.